The molecule has 140 valence electrons. The van der Waals surface area contributed by atoms with Crippen molar-refractivity contribution in [3.63, 3.8) is 0 Å². The van der Waals surface area contributed by atoms with E-state index >= 15 is 0 Å². The highest BCUT2D eigenvalue weighted by Gasteiger charge is 2.30. The number of thiazole rings is 1. The largest absolute Gasteiger partial charge is 0.416 e. The van der Waals surface area contributed by atoms with E-state index in [-0.39, 0.29) is 24.1 Å². The number of alkyl halides is 3. The summed E-state index contributed by atoms with van der Waals surface area (Å²) in [6, 6.07) is 4.74. The van der Waals surface area contributed by atoms with Crippen LogP contribution in [0.25, 0.3) is 0 Å². The Morgan fingerprint density at radius 2 is 2.00 bits per heavy atom. The zero-order chi connectivity index (χ0) is 19.3. The van der Waals surface area contributed by atoms with Gasteiger partial charge >= 0.3 is 6.18 Å². The molecule has 2 amide bonds. The minimum absolute atomic E-state index is 0.0602. The molecule has 0 fully saturated rings. The zero-order valence-electron chi connectivity index (χ0n) is 14.2. The molecule has 2 rings (SSSR count). The van der Waals surface area contributed by atoms with Gasteiger partial charge in [0, 0.05) is 18.3 Å². The van der Waals surface area contributed by atoms with Crippen LogP contribution in [0.5, 0.6) is 0 Å². The molecule has 26 heavy (non-hydrogen) atoms. The van der Waals surface area contributed by atoms with Gasteiger partial charge < -0.3 is 10.6 Å². The van der Waals surface area contributed by atoms with Crippen LogP contribution in [0.1, 0.15) is 41.9 Å². The quantitative estimate of drug-likeness (QED) is 0.787. The monoisotopic (exact) mass is 385 g/mol. The average Bonchev–Trinajstić information content (AvgIpc) is 2.99. The number of hydrogen-bond acceptors (Lipinski definition) is 4. The number of halogens is 3. The third kappa shape index (κ3) is 5.83. The molecule has 0 bridgehead atoms. The van der Waals surface area contributed by atoms with E-state index in [2.05, 4.69) is 15.6 Å². The first-order valence-corrected chi connectivity index (χ1v) is 8.73. The molecule has 0 aliphatic heterocycles. The normalized spacial score (nSPS) is 11.5. The first-order valence-electron chi connectivity index (χ1n) is 7.85. The van der Waals surface area contributed by atoms with Gasteiger partial charge in [0.05, 0.1) is 5.56 Å². The fraction of sp³-hybridized carbons (Fsp3) is 0.353. The van der Waals surface area contributed by atoms with Crippen LogP contribution in [0.4, 0.5) is 18.3 Å². The summed E-state index contributed by atoms with van der Waals surface area (Å²) in [7, 11) is 0. The second-order valence-corrected chi connectivity index (χ2v) is 6.92. The Labute approximate surface area is 152 Å². The second-order valence-electron chi connectivity index (χ2n) is 6.06. The fourth-order valence-electron chi connectivity index (χ4n) is 2.11. The number of hydrogen-bond donors (Lipinski definition) is 2. The van der Waals surface area contributed by atoms with Gasteiger partial charge in [-0.25, -0.2) is 4.98 Å². The van der Waals surface area contributed by atoms with Crippen molar-refractivity contribution < 1.29 is 22.8 Å². The van der Waals surface area contributed by atoms with Crippen molar-refractivity contribution in [1.82, 2.24) is 10.3 Å². The molecule has 0 aliphatic rings. The highest BCUT2D eigenvalue weighted by Crippen LogP contribution is 2.29. The Balaban J connectivity index is 1.94. The fourth-order valence-corrected chi connectivity index (χ4v) is 2.81. The van der Waals surface area contributed by atoms with Gasteiger partial charge in [0.1, 0.15) is 5.69 Å². The van der Waals surface area contributed by atoms with Gasteiger partial charge in [0.2, 0.25) is 5.91 Å². The van der Waals surface area contributed by atoms with E-state index in [9.17, 15) is 22.8 Å². The minimum Gasteiger partial charge on any atom is -0.347 e. The lowest BCUT2D eigenvalue weighted by Crippen LogP contribution is -2.23. The third-order valence-corrected chi connectivity index (χ3v) is 4.04. The number of aromatic nitrogens is 1. The molecule has 1 aromatic carbocycles. The van der Waals surface area contributed by atoms with Gasteiger partial charge in [-0.1, -0.05) is 26.0 Å². The maximum absolute atomic E-state index is 12.7. The van der Waals surface area contributed by atoms with Crippen LogP contribution in [0, 0.1) is 5.92 Å². The molecule has 0 aliphatic carbocycles. The Kier molecular flexibility index (Phi) is 6.36. The summed E-state index contributed by atoms with van der Waals surface area (Å²) in [6.07, 6.45) is -4.09. The first-order chi connectivity index (χ1) is 12.1. The maximum atomic E-state index is 12.7. The number of nitrogens with zero attached hydrogens (tertiary/aromatic N) is 1. The molecule has 1 heterocycles. The van der Waals surface area contributed by atoms with Gasteiger partial charge in [-0.15, -0.1) is 11.3 Å². The zero-order valence-corrected chi connectivity index (χ0v) is 15.0. The maximum Gasteiger partial charge on any atom is 0.416 e. The van der Waals surface area contributed by atoms with Gasteiger partial charge in [-0.2, -0.15) is 13.2 Å². The van der Waals surface area contributed by atoms with Crippen LogP contribution in [0.3, 0.4) is 0 Å². The van der Waals surface area contributed by atoms with Crippen LogP contribution in [0.2, 0.25) is 0 Å². The Bertz CT molecular complexity index is 788. The average molecular weight is 385 g/mol. The van der Waals surface area contributed by atoms with Crippen molar-refractivity contribution in [2.24, 2.45) is 5.92 Å². The van der Waals surface area contributed by atoms with Crippen molar-refractivity contribution in [2.45, 2.75) is 33.0 Å². The van der Waals surface area contributed by atoms with E-state index < -0.39 is 17.6 Å². The van der Waals surface area contributed by atoms with Crippen LogP contribution in [-0.2, 0) is 17.5 Å². The minimum atomic E-state index is -4.43. The number of anilines is 1. The van der Waals surface area contributed by atoms with E-state index in [0.29, 0.717) is 17.1 Å². The van der Waals surface area contributed by atoms with E-state index in [0.717, 1.165) is 23.5 Å². The van der Waals surface area contributed by atoms with Gasteiger partial charge in [0.25, 0.3) is 5.91 Å². The molecule has 1 aromatic heterocycles. The Morgan fingerprint density at radius 1 is 1.27 bits per heavy atom. The Morgan fingerprint density at radius 3 is 2.65 bits per heavy atom. The molecule has 0 spiro atoms. The standard InChI is InChI=1S/C17H18F3N3O2S/c1-10(2)6-14(24)23-16-22-13(9-26-16)15(25)21-8-11-4-3-5-12(7-11)17(18,19)20/h3-5,7,9-10H,6,8H2,1-2H3,(H,21,25)(H,22,23,24). The summed E-state index contributed by atoms with van der Waals surface area (Å²) in [5.41, 5.74) is -0.344. The van der Waals surface area contributed by atoms with Gasteiger partial charge in [0.15, 0.2) is 5.13 Å². The van der Waals surface area contributed by atoms with E-state index in [1.54, 1.807) is 0 Å². The molecule has 5 nitrogen and oxygen atoms in total. The predicted octanol–water partition coefficient (Wildman–Crippen LogP) is 4.08. The van der Waals surface area contributed by atoms with E-state index in [4.69, 9.17) is 0 Å². The molecule has 2 aromatic rings. The SMILES string of the molecule is CC(C)CC(=O)Nc1nc(C(=O)NCc2cccc(C(F)(F)F)c2)cs1. The third-order valence-electron chi connectivity index (χ3n) is 3.28. The number of amides is 2. The van der Waals surface area contributed by atoms with Crippen molar-refractivity contribution in [2.75, 3.05) is 5.32 Å². The Hall–Kier alpha value is -2.42. The molecule has 0 atom stereocenters. The summed E-state index contributed by atoms with van der Waals surface area (Å²) in [6.45, 7) is 3.76. The summed E-state index contributed by atoms with van der Waals surface area (Å²) in [4.78, 5) is 27.8. The van der Waals surface area contributed by atoms with Crippen molar-refractivity contribution >= 4 is 28.3 Å². The smallest absolute Gasteiger partial charge is 0.347 e. The highest BCUT2D eigenvalue weighted by atomic mass is 32.1. The predicted molar refractivity (Wildman–Crippen MR) is 92.8 cm³/mol. The lowest BCUT2D eigenvalue weighted by molar-refractivity contribution is -0.137. The highest BCUT2D eigenvalue weighted by molar-refractivity contribution is 7.14. The molecule has 0 saturated heterocycles. The number of nitrogens with one attached hydrogen (secondary N) is 2. The van der Waals surface area contributed by atoms with E-state index in [1.165, 1.54) is 17.5 Å². The topological polar surface area (TPSA) is 71.1 Å². The summed E-state index contributed by atoms with van der Waals surface area (Å²) in [5.74, 6) is -0.515. The molecule has 0 radical (unpaired) electrons. The number of carbonyl (C=O) groups is 2. The number of rotatable bonds is 6. The second kappa shape index (κ2) is 8.31. The lowest BCUT2D eigenvalue weighted by Gasteiger charge is -2.09. The summed E-state index contributed by atoms with van der Waals surface area (Å²) < 4.78 is 38.1. The van der Waals surface area contributed by atoms with Gasteiger partial charge in [-0.3, -0.25) is 9.59 Å². The summed E-state index contributed by atoms with van der Waals surface area (Å²) in [5, 5.41) is 6.91. The molecule has 0 saturated carbocycles. The molecular formula is C17H18F3N3O2S. The van der Waals surface area contributed by atoms with Crippen LogP contribution in [-0.4, -0.2) is 16.8 Å². The lowest BCUT2D eigenvalue weighted by atomic mass is 10.1. The van der Waals surface area contributed by atoms with Crippen LogP contribution in [0.15, 0.2) is 29.6 Å². The van der Waals surface area contributed by atoms with Crippen molar-refractivity contribution in [1.29, 1.82) is 0 Å². The van der Waals surface area contributed by atoms with Crippen LogP contribution < -0.4 is 10.6 Å². The number of carbonyl (C=O) groups excluding carboxylic acids is 2. The molecule has 0 unspecified atom stereocenters. The van der Waals surface area contributed by atoms with Gasteiger partial charge in [-0.05, 0) is 23.6 Å². The first kappa shape index (κ1) is 19.9. The molecule has 9 heteroatoms. The molecular weight excluding hydrogens is 367 g/mol. The van der Waals surface area contributed by atoms with E-state index in [1.807, 2.05) is 13.8 Å². The van der Waals surface area contributed by atoms with Crippen molar-refractivity contribution in [3.8, 4) is 0 Å². The van der Waals surface area contributed by atoms with Crippen LogP contribution >= 0.6 is 11.3 Å². The number of benzene rings is 1. The molecule has 2 N–H and O–H groups in total. The van der Waals surface area contributed by atoms with Crippen molar-refractivity contribution in [3.05, 3.63) is 46.5 Å². The summed E-state index contributed by atoms with van der Waals surface area (Å²) >= 11 is 1.11.